The average molecular weight is 500 g/mol. The highest BCUT2D eigenvalue weighted by Gasteiger charge is 2.43. The Kier molecular flexibility index (Phi) is 8.85. The maximum atomic E-state index is 11.8. The predicted octanol–water partition coefficient (Wildman–Crippen LogP) is 3.52. The Balaban J connectivity index is 0.00000280. The van der Waals surface area contributed by atoms with Crippen molar-refractivity contribution in [3.05, 3.63) is 29.8 Å². The van der Waals surface area contributed by atoms with Crippen LogP contribution in [-0.2, 0) is 4.79 Å². The second-order valence-electron chi connectivity index (χ2n) is 7.53. The van der Waals surface area contributed by atoms with Crippen LogP contribution in [-0.4, -0.2) is 37.6 Å². The highest BCUT2D eigenvalue weighted by Crippen LogP contribution is 2.46. The number of rotatable bonds is 6. The van der Waals surface area contributed by atoms with E-state index in [0.29, 0.717) is 13.0 Å². The monoisotopic (exact) mass is 500 g/mol. The van der Waals surface area contributed by atoms with Gasteiger partial charge in [-0.25, -0.2) is 0 Å². The minimum absolute atomic E-state index is 0. The SMILES string of the molecule is CCCNC(=O)CCNC(=NC)NC1CC2(CCCC2)Oc2ccccc21.I. The Hall–Kier alpha value is -1.51. The van der Waals surface area contributed by atoms with Crippen molar-refractivity contribution in [3.63, 3.8) is 0 Å². The van der Waals surface area contributed by atoms with Crippen molar-refractivity contribution in [2.45, 2.75) is 63.5 Å². The van der Waals surface area contributed by atoms with E-state index in [9.17, 15) is 4.79 Å². The van der Waals surface area contributed by atoms with Crippen LogP contribution in [0.15, 0.2) is 29.3 Å². The molecule has 0 saturated heterocycles. The van der Waals surface area contributed by atoms with E-state index in [1.807, 2.05) is 13.0 Å². The number of halogens is 1. The topological polar surface area (TPSA) is 74.8 Å². The molecule has 6 nitrogen and oxygen atoms in total. The molecule has 1 heterocycles. The van der Waals surface area contributed by atoms with Gasteiger partial charge in [-0.1, -0.05) is 25.1 Å². The van der Waals surface area contributed by atoms with E-state index < -0.39 is 0 Å². The molecule has 7 heteroatoms. The van der Waals surface area contributed by atoms with Crippen LogP contribution in [0.25, 0.3) is 0 Å². The molecule has 156 valence electrons. The summed E-state index contributed by atoms with van der Waals surface area (Å²) in [7, 11) is 1.77. The minimum Gasteiger partial charge on any atom is -0.487 e. The third kappa shape index (κ3) is 5.75. The van der Waals surface area contributed by atoms with Gasteiger partial charge in [-0.3, -0.25) is 9.79 Å². The van der Waals surface area contributed by atoms with Gasteiger partial charge in [-0.05, 0) is 38.2 Å². The molecule has 0 aromatic heterocycles. The molecule has 0 radical (unpaired) electrons. The van der Waals surface area contributed by atoms with Crippen molar-refractivity contribution in [1.82, 2.24) is 16.0 Å². The van der Waals surface area contributed by atoms with E-state index in [4.69, 9.17) is 4.74 Å². The van der Waals surface area contributed by atoms with Crippen molar-refractivity contribution in [2.24, 2.45) is 4.99 Å². The van der Waals surface area contributed by atoms with Gasteiger partial charge in [0, 0.05) is 38.5 Å². The Labute approximate surface area is 185 Å². The van der Waals surface area contributed by atoms with Gasteiger partial charge in [0.05, 0.1) is 6.04 Å². The van der Waals surface area contributed by atoms with Gasteiger partial charge in [0.2, 0.25) is 5.91 Å². The number of amides is 1. The van der Waals surface area contributed by atoms with Crippen LogP contribution in [0, 0.1) is 0 Å². The maximum Gasteiger partial charge on any atom is 0.221 e. The fourth-order valence-electron chi connectivity index (χ4n) is 4.08. The molecule has 1 atom stereocenters. The Morgan fingerprint density at radius 2 is 1.96 bits per heavy atom. The van der Waals surface area contributed by atoms with Crippen LogP contribution >= 0.6 is 24.0 Å². The Morgan fingerprint density at radius 3 is 2.68 bits per heavy atom. The normalized spacial score (nSPS) is 19.9. The number of para-hydroxylation sites is 1. The maximum absolute atomic E-state index is 11.8. The van der Waals surface area contributed by atoms with E-state index in [1.165, 1.54) is 18.4 Å². The standard InChI is InChI=1S/C21H32N4O2.HI/c1-3-13-23-19(26)10-14-24-20(22-2)25-17-15-21(11-6-7-12-21)27-18-9-5-4-8-16(17)18;/h4-5,8-9,17H,3,6-7,10-15H2,1-2H3,(H,23,26)(H2,22,24,25);1H. The number of benzene rings is 1. The van der Waals surface area contributed by atoms with Crippen molar-refractivity contribution in [2.75, 3.05) is 20.1 Å². The quantitative estimate of drug-likeness (QED) is 0.318. The molecule has 1 amide bonds. The number of guanidine groups is 1. The molecule has 1 fully saturated rings. The molecule has 0 bridgehead atoms. The Morgan fingerprint density at radius 1 is 1.21 bits per heavy atom. The van der Waals surface area contributed by atoms with Crippen molar-refractivity contribution < 1.29 is 9.53 Å². The summed E-state index contributed by atoms with van der Waals surface area (Å²) >= 11 is 0. The van der Waals surface area contributed by atoms with Gasteiger partial charge in [0.1, 0.15) is 11.4 Å². The summed E-state index contributed by atoms with van der Waals surface area (Å²) in [6, 6.07) is 8.44. The number of fused-ring (bicyclic) bond motifs is 1. The molecule has 1 aliphatic heterocycles. The first-order valence-corrected chi connectivity index (χ1v) is 10.2. The number of hydrogen-bond donors (Lipinski definition) is 3. The molecular weight excluding hydrogens is 467 g/mol. The lowest BCUT2D eigenvalue weighted by Crippen LogP contribution is -2.47. The zero-order valence-corrected chi connectivity index (χ0v) is 19.3. The summed E-state index contributed by atoms with van der Waals surface area (Å²) in [5, 5.41) is 9.72. The summed E-state index contributed by atoms with van der Waals surface area (Å²) in [6.45, 7) is 3.34. The lowest BCUT2D eigenvalue weighted by molar-refractivity contribution is -0.120. The molecular formula is C21H33IN4O2. The zero-order valence-electron chi connectivity index (χ0n) is 16.9. The zero-order chi connectivity index (χ0) is 19.1. The van der Waals surface area contributed by atoms with Crippen molar-refractivity contribution >= 4 is 35.8 Å². The van der Waals surface area contributed by atoms with E-state index in [0.717, 1.165) is 43.9 Å². The summed E-state index contributed by atoms with van der Waals surface area (Å²) < 4.78 is 6.42. The third-order valence-corrected chi connectivity index (χ3v) is 5.46. The van der Waals surface area contributed by atoms with Crippen LogP contribution in [0.2, 0.25) is 0 Å². The second kappa shape index (κ2) is 10.9. The molecule has 3 N–H and O–H groups in total. The Bertz CT molecular complexity index is 674. The molecule has 3 rings (SSSR count). The largest absolute Gasteiger partial charge is 0.487 e. The smallest absolute Gasteiger partial charge is 0.221 e. The number of nitrogens with zero attached hydrogens (tertiary/aromatic N) is 1. The molecule has 1 saturated carbocycles. The summed E-state index contributed by atoms with van der Waals surface area (Å²) in [5.74, 6) is 1.78. The lowest BCUT2D eigenvalue weighted by atomic mass is 9.86. The average Bonchev–Trinajstić information content (AvgIpc) is 3.12. The number of ether oxygens (including phenoxy) is 1. The van der Waals surface area contributed by atoms with Crippen LogP contribution in [0.3, 0.4) is 0 Å². The fraction of sp³-hybridized carbons (Fsp3) is 0.619. The van der Waals surface area contributed by atoms with E-state index in [-0.39, 0.29) is 41.5 Å². The van der Waals surface area contributed by atoms with E-state index in [1.54, 1.807) is 7.05 Å². The summed E-state index contributed by atoms with van der Waals surface area (Å²) in [4.78, 5) is 16.1. The number of carbonyl (C=O) groups excluding carboxylic acids is 1. The molecule has 28 heavy (non-hydrogen) atoms. The van der Waals surface area contributed by atoms with Gasteiger partial charge in [-0.2, -0.15) is 0 Å². The second-order valence-corrected chi connectivity index (χ2v) is 7.53. The van der Waals surface area contributed by atoms with E-state index >= 15 is 0 Å². The molecule has 1 unspecified atom stereocenters. The van der Waals surface area contributed by atoms with Gasteiger partial charge in [0.25, 0.3) is 0 Å². The number of nitrogens with one attached hydrogen (secondary N) is 3. The van der Waals surface area contributed by atoms with Crippen LogP contribution in [0.4, 0.5) is 0 Å². The van der Waals surface area contributed by atoms with Gasteiger partial charge >= 0.3 is 0 Å². The first-order valence-electron chi connectivity index (χ1n) is 10.2. The van der Waals surface area contributed by atoms with Crippen LogP contribution in [0.5, 0.6) is 5.75 Å². The lowest BCUT2D eigenvalue weighted by Gasteiger charge is -2.40. The summed E-state index contributed by atoms with van der Waals surface area (Å²) in [5.41, 5.74) is 1.13. The molecule has 2 aliphatic rings. The third-order valence-electron chi connectivity index (χ3n) is 5.46. The first kappa shape index (κ1) is 22.8. The van der Waals surface area contributed by atoms with Crippen LogP contribution < -0.4 is 20.7 Å². The van der Waals surface area contributed by atoms with E-state index in [2.05, 4.69) is 39.1 Å². The minimum atomic E-state index is -0.0507. The number of carbonyl (C=O) groups is 1. The molecule has 1 aromatic carbocycles. The van der Waals surface area contributed by atoms with Crippen molar-refractivity contribution in [1.29, 1.82) is 0 Å². The first-order chi connectivity index (χ1) is 13.2. The highest BCUT2D eigenvalue weighted by atomic mass is 127. The fourth-order valence-corrected chi connectivity index (χ4v) is 4.08. The molecule has 1 spiro atoms. The van der Waals surface area contributed by atoms with Gasteiger partial charge in [-0.15, -0.1) is 24.0 Å². The number of aliphatic imine (C=N–C) groups is 1. The highest BCUT2D eigenvalue weighted by molar-refractivity contribution is 14.0. The van der Waals surface area contributed by atoms with Gasteiger partial charge in [0.15, 0.2) is 5.96 Å². The number of hydrogen-bond acceptors (Lipinski definition) is 3. The molecule has 1 aliphatic carbocycles. The van der Waals surface area contributed by atoms with Gasteiger partial charge < -0.3 is 20.7 Å². The predicted molar refractivity (Wildman–Crippen MR) is 123 cm³/mol. The van der Waals surface area contributed by atoms with Crippen LogP contribution in [0.1, 0.15) is 63.5 Å². The van der Waals surface area contributed by atoms with Crippen molar-refractivity contribution in [3.8, 4) is 5.75 Å². The molecule has 1 aromatic rings. The summed E-state index contributed by atoms with van der Waals surface area (Å²) in [6.07, 6.45) is 7.03.